The number of rotatable bonds is 5. The molecule has 0 atom stereocenters. The van der Waals surface area contributed by atoms with Crippen LogP contribution in [0.4, 0.5) is 5.13 Å². The van der Waals surface area contributed by atoms with Gasteiger partial charge in [0.25, 0.3) is 5.91 Å². The number of carbonyl (C=O) groups is 1. The first-order valence-corrected chi connectivity index (χ1v) is 11.8. The van der Waals surface area contributed by atoms with E-state index in [0.717, 1.165) is 37.5 Å². The number of hydrogen-bond acceptors (Lipinski definition) is 4. The summed E-state index contributed by atoms with van der Waals surface area (Å²) < 4.78 is 0. The molecule has 0 bridgehead atoms. The first-order valence-electron chi connectivity index (χ1n) is 10.6. The number of thiazole rings is 1. The van der Waals surface area contributed by atoms with Gasteiger partial charge in [-0.25, -0.2) is 4.98 Å². The molecule has 34 heavy (non-hydrogen) atoms. The Labute approximate surface area is 205 Å². The summed E-state index contributed by atoms with van der Waals surface area (Å²) in [6.45, 7) is 0. The maximum atomic E-state index is 13.0. The van der Waals surface area contributed by atoms with Crippen LogP contribution < -0.4 is 5.32 Å². The topological polar surface area (TPSA) is 65.8 Å². The number of carbonyl (C=O) groups excluding carboxylic acids is 1. The Balaban J connectivity index is 1.44. The zero-order chi connectivity index (χ0) is 23.5. The van der Waals surface area contributed by atoms with Gasteiger partial charge in [0.15, 0.2) is 5.13 Å². The second kappa shape index (κ2) is 9.48. The predicted molar refractivity (Wildman–Crippen MR) is 140 cm³/mol. The number of aromatic nitrogens is 1. The van der Waals surface area contributed by atoms with E-state index in [1.165, 1.54) is 11.3 Å². The van der Waals surface area contributed by atoms with Gasteiger partial charge in [-0.3, -0.25) is 10.1 Å². The third kappa shape index (κ3) is 4.55. The molecule has 1 aromatic heterocycles. The summed E-state index contributed by atoms with van der Waals surface area (Å²) in [7, 11) is 0. The highest BCUT2D eigenvalue weighted by Gasteiger charge is 2.14. The van der Waals surface area contributed by atoms with Crippen LogP contribution in [-0.2, 0) is 11.2 Å². The van der Waals surface area contributed by atoms with Crippen LogP contribution in [-0.4, -0.2) is 10.9 Å². The fourth-order valence-corrected chi connectivity index (χ4v) is 5.01. The van der Waals surface area contributed by atoms with Crippen LogP contribution in [0.2, 0.25) is 5.02 Å². The normalized spacial score (nSPS) is 11.5. The molecule has 0 unspecified atom stereocenters. The van der Waals surface area contributed by atoms with Crippen molar-refractivity contribution in [3.8, 4) is 6.07 Å². The molecule has 1 amide bonds. The Bertz CT molecular complexity index is 1560. The van der Waals surface area contributed by atoms with Crippen LogP contribution in [0.15, 0.2) is 90.6 Å². The number of halogens is 1. The molecule has 164 valence electrons. The molecule has 0 aliphatic carbocycles. The summed E-state index contributed by atoms with van der Waals surface area (Å²) in [5.74, 6) is -0.483. The zero-order valence-electron chi connectivity index (χ0n) is 18.0. The van der Waals surface area contributed by atoms with E-state index in [1.807, 2.05) is 72.8 Å². The molecule has 1 heterocycles. The van der Waals surface area contributed by atoms with Crippen molar-refractivity contribution in [2.24, 2.45) is 0 Å². The summed E-state index contributed by atoms with van der Waals surface area (Å²) in [5, 5.41) is 17.8. The Kier molecular flexibility index (Phi) is 6.09. The van der Waals surface area contributed by atoms with Crippen LogP contribution >= 0.6 is 22.9 Å². The van der Waals surface area contributed by atoms with Crippen LogP contribution in [0.5, 0.6) is 0 Å². The molecule has 5 aromatic rings. The number of nitrogens with zero attached hydrogens (tertiary/aromatic N) is 2. The summed E-state index contributed by atoms with van der Waals surface area (Å²) in [4.78, 5) is 18.3. The molecule has 0 spiro atoms. The van der Waals surface area contributed by atoms with Crippen molar-refractivity contribution in [3.05, 3.63) is 112 Å². The number of amides is 1. The molecule has 0 aliphatic heterocycles. The lowest BCUT2D eigenvalue weighted by Crippen LogP contribution is -2.13. The van der Waals surface area contributed by atoms with Gasteiger partial charge in [0.2, 0.25) is 0 Å². The largest absolute Gasteiger partial charge is 0.297 e. The molecule has 4 aromatic carbocycles. The molecule has 0 fully saturated rings. The number of benzene rings is 4. The van der Waals surface area contributed by atoms with E-state index in [1.54, 1.807) is 12.3 Å². The number of hydrogen-bond donors (Lipinski definition) is 1. The third-order valence-electron chi connectivity index (χ3n) is 5.51. The van der Waals surface area contributed by atoms with Crippen LogP contribution in [0.1, 0.15) is 16.0 Å². The summed E-state index contributed by atoms with van der Waals surface area (Å²) in [6.07, 6.45) is 4.06. The molecule has 1 N–H and O–H groups in total. The SMILES string of the molecule is N#C/C(=C\c1c2ccccc2cc2ccccc12)C(=O)Nc1ncc(Cc2cccc(Cl)c2)s1. The lowest BCUT2D eigenvalue weighted by atomic mass is 9.95. The number of nitriles is 1. The van der Waals surface area contributed by atoms with E-state index in [4.69, 9.17) is 11.6 Å². The minimum atomic E-state index is -0.483. The van der Waals surface area contributed by atoms with Gasteiger partial charge < -0.3 is 0 Å². The summed E-state index contributed by atoms with van der Waals surface area (Å²) >= 11 is 7.45. The fraction of sp³-hybridized carbons (Fsp3) is 0.0357. The van der Waals surface area contributed by atoms with Gasteiger partial charge >= 0.3 is 0 Å². The van der Waals surface area contributed by atoms with Crippen molar-refractivity contribution >= 4 is 61.6 Å². The highest BCUT2D eigenvalue weighted by Crippen LogP contribution is 2.30. The van der Waals surface area contributed by atoms with E-state index >= 15 is 0 Å². The van der Waals surface area contributed by atoms with Gasteiger partial charge in [0.05, 0.1) is 0 Å². The molecule has 0 saturated carbocycles. The third-order valence-corrected chi connectivity index (χ3v) is 6.66. The van der Waals surface area contributed by atoms with Gasteiger partial charge in [-0.05, 0) is 56.9 Å². The van der Waals surface area contributed by atoms with Crippen molar-refractivity contribution in [1.82, 2.24) is 4.98 Å². The van der Waals surface area contributed by atoms with Gasteiger partial charge in [0.1, 0.15) is 11.6 Å². The Hall–Kier alpha value is -3.98. The number of anilines is 1. The van der Waals surface area contributed by atoms with Gasteiger partial charge in [0, 0.05) is 22.5 Å². The second-order valence-electron chi connectivity index (χ2n) is 7.79. The van der Waals surface area contributed by atoms with Crippen molar-refractivity contribution in [3.63, 3.8) is 0 Å². The quantitative estimate of drug-likeness (QED) is 0.164. The second-order valence-corrected chi connectivity index (χ2v) is 9.35. The van der Waals surface area contributed by atoms with Crippen LogP contribution in [0, 0.1) is 11.3 Å². The lowest BCUT2D eigenvalue weighted by Gasteiger charge is -2.09. The first-order chi connectivity index (χ1) is 16.6. The van der Waals surface area contributed by atoms with Crippen molar-refractivity contribution in [1.29, 1.82) is 5.26 Å². The Morgan fingerprint density at radius 1 is 1.00 bits per heavy atom. The average molecular weight is 480 g/mol. The highest BCUT2D eigenvalue weighted by molar-refractivity contribution is 7.15. The van der Waals surface area contributed by atoms with E-state index in [2.05, 4.69) is 22.4 Å². The minimum absolute atomic E-state index is 0.0214. The molecule has 0 aliphatic rings. The monoisotopic (exact) mass is 479 g/mol. The fourth-order valence-electron chi connectivity index (χ4n) is 3.96. The molecule has 0 saturated heterocycles. The smallest absolute Gasteiger partial charge is 0.268 e. The molecule has 0 radical (unpaired) electrons. The van der Waals surface area contributed by atoms with Crippen molar-refractivity contribution < 1.29 is 4.79 Å². The number of fused-ring (bicyclic) bond motifs is 2. The average Bonchev–Trinajstić information content (AvgIpc) is 3.28. The van der Waals surface area contributed by atoms with E-state index in [-0.39, 0.29) is 5.57 Å². The molecular weight excluding hydrogens is 462 g/mol. The highest BCUT2D eigenvalue weighted by atomic mass is 35.5. The minimum Gasteiger partial charge on any atom is -0.297 e. The van der Waals surface area contributed by atoms with E-state index in [9.17, 15) is 10.1 Å². The van der Waals surface area contributed by atoms with Gasteiger partial charge in [-0.1, -0.05) is 72.3 Å². The molecule has 4 nitrogen and oxygen atoms in total. The first kappa shape index (κ1) is 21.8. The van der Waals surface area contributed by atoms with Crippen LogP contribution in [0.25, 0.3) is 27.6 Å². The Morgan fingerprint density at radius 2 is 1.71 bits per heavy atom. The van der Waals surface area contributed by atoms with E-state index < -0.39 is 5.91 Å². The Morgan fingerprint density at radius 3 is 2.38 bits per heavy atom. The van der Waals surface area contributed by atoms with Crippen LogP contribution in [0.3, 0.4) is 0 Å². The van der Waals surface area contributed by atoms with Crippen molar-refractivity contribution in [2.45, 2.75) is 6.42 Å². The lowest BCUT2D eigenvalue weighted by molar-refractivity contribution is -0.112. The number of nitrogens with one attached hydrogen (secondary N) is 1. The molecule has 5 rings (SSSR count). The maximum absolute atomic E-state index is 13.0. The predicted octanol–water partition coefficient (Wildman–Crippen LogP) is 7.24. The standard InChI is InChI=1S/C28H18ClN3OS/c29-22-9-5-6-18(12-22)13-23-17-31-28(34-23)32-27(33)21(16-30)15-26-24-10-3-1-7-19(24)14-20-8-2-4-11-25(20)26/h1-12,14-15,17H,13H2,(H,31,32,33)/b21-15+. The van der Waals surface area contributed by atoms with Gasteiger partial charge in [-0.2, -0.15) is 5.26 Å². The van der Waals surface area contributed by atoms with Gasteiger partial charge in [-0.15, -0.1) is 11.3 Å². The molecular formula is C28H18ClN3OS. The zero-order valence-corrected chi connectivity index (χ0v) is 19.5. The summed E-state index contributed by atoms with van der Waals surface area (Å²) in [5.41, 5.74) is 1.93. The summed E-state index contributed by atoms with van der Waals surface area (Å²) in [6, 6.07) is 27.8. The molecule has 6 heteroatoms. The van der Waals surface area contributed by atoms with Crippen molar-refractivity contribution in [2.75, 3.05) is 5.32 Å². The van der Waals surface area contributed by atoms with E-state index in [0.29, 0.717) is 16.6 Å². The maximum Gasteiger partial charge on any atom is 0.268 e.